The SMILES string of the molecule is CCCNC(C)(C#N)COCC1CCCC1. The van der Waals surface area contributed by atoms with Crippen LogP contribution >= 0.6 is 0 Å². The Hall–Kier alpha value is -0.590. The topological polar surface area (TPSA) is 45.0 Å². The summed E-state index contributed by atoms with van der Waals surface area (Å²) in [6.45, 7) is 6.21. The number of nitrogens with zero attached hydrogens (tertiary/aromatic N) is 1. The van der Waals surface area contributed by atoms with E-state index in [4.69, 9.17) is 10.00 Å². The summed E-state index contributed by atoms with van der Waals surface area (Å²) in [5.74, 6) is 0.731. The Morgan fingerprint density at radius 2 is 2.12 bits per heavy atom. The maximum Gasteiger partial charge on any atom is 0.127 e. The van der Waals surface area contributed by atoms with Crippen molar-refractivity contribution in [1.29, 1.82) is 5.26 Å². The Labute approximate surface area is 99.2 Å². The average molecular weight is 224 g/mol. The van der Waals surface area contributed by atoms with Gasteiger partial charge in [-0.05, 0) is 38.6 Å². The van der Waals surface area contributed by atoms with Gasteiger partial charge < -0.3 is 4.74 Å². The minimum Gasteiger partial charge on any atom is -0.378 e. The van der Waals surface area contributed by atoms with Gasteiger partial charge in [-0.1, -0.05) is 19.8 Å². The fraction of sp³-hybridized carbons (Fsp3) is 0.923. The molecule has 1 aliphatic carbocycles. The quantitative estimate of drug-likeness (QED) is 0.722. The van der Waals surface area contributed by atoms with Crippen molar-refractivity contribution in [3.63, 3.8) is 0 Å². The lowest BCUT2D eigenvalue weighted by Gasteiger charge is -2.23. The molecule has 1 fully saturated rings. The summed E-state index contributed by atoms with van der Waals surface area (Å²) in [5.41, 5.74) is -0.519. The largest absolute Gasteiger partial charge is 0.378 e. The fourth-order valence-electron chi connectivity index (χ4n) is 2.13. The van der Waals surface area contributed by atoms with Gasteiger partial charge in [0, 0.05) is 6.61 Å². The number of hydrogen-bond acceptors (Lipinski definition) is 3. The van der Waals surface area contributed by atoms with Gasteiger partial charge in [0.25, 0.3) is 0 Å². The van der Waals surface area contributed by atoms with Crippen molar-refractivity contribution in [2.45, 2.75) is 51.5 Å². The molecule has 0 heterocycles. The Morgan fingerprint density at radius 1 is 1.44 bits per heavy atom. The number of hydrogen-bond donors (Lipinski definition) is 1. The van der Waals surface area contributed by atoms with Crippen molar-refractivity contribution in [3.8, 4) is 6.07 Å². The summed E-state index contributed by atoms with van der Waals surface area (Å²) in [6.07, 6.45) is 6.33. The second-order valence-electron chi connectivity index (χ2n) is 5.04. The van der Waals surface area contributed by atoms with Crippen LogP contribution in [0.5, 0.6) is 0 Å². The highest BCUT2D eigenvalue weighted by atomic mass is 16.5. The van der Waals surface area contributed by atoms with Gasteiger partial charge in [0.1, 0.15) is 5.54 Å². The predicted octanol–water partition coefficient (Wildman–Crippen LogP) is 2.48. The summed E-state index contributed by atoms with van der Waals surface area (Å²) in [6, 6.07) is 2.30. The third-order valence-electron chi connectivity index (χ3n) is 3.23. The molecule has 0 aliphatic heterocycles. The summed E-state index contributed by atoms with van der Waals surface area (Å²) < 4.78 is 5.69. The van der Waals surface area contributed by atoms with Gasteiger partial charge in [-0.3, -0.25) is 5.32 Å². The van der Waals surface area contributed by atoms with Crippen LogP contribution in [0, 0.1) is 17.2 Å². The first-order chi connectivity index (χ1) is 7.70. The molecule has 1 aliphatic rings. The lowest BCUT2D eigenvalue weighted by atomic mass is 10.1. The Bertz CT molecular complexity index is 231. The van der Waals surface area contributed by atoms with E-state index in [9.17, 15) is 0 Å². The van der Waals surface area contributed by atoms with Gasteiger partial charge in [-0.2, -0.15) is 5.26 Å². The first kappa shape index (κ1) is 13.5. The molecule has 92 valence electrons. The van der Waals surface area contributed by atoms with Crippen LogP contribution in [0.2, 0.25) is 0 Å². The summed E-state index contributed by atoms with van der Waals surface area (Å²) in [5, 5.41) is 12.3. The molecular formula is C13H24N2O. The Kier molecular flexibility index (Phi) is 5.79. The van der Waals surface area contributed by atoms with Gasteiger partial charge in [-0.25, -0.2) is 0 Å². The van der Waals surface area contributed by atoms with Crippen LogP contribution in [0.1, 0.15) is 46.0 Å². The van der Waals surface area contributed by atoms with Crippen LogP contribution in [0.4, 0.5) is 0 Å². The standard InChI is InChI=1S/C13H24N2O/c1-3-8-15-13(2,10-14)11-16-9-12-6-4-5-7-12/h12,15H,3-9,11H2,1-2H3. The van der Waals surface area contributed by atoms with Crippen LogP contribution in [0.25, 0.3) is 0 Å². The summed E-state index contributed by atoms with van der Waals surface area (Å²) in [4.78, 5) is 0. The lowest BCUT2D eigenvalue weighted by molar-refractivity contribution is 0.0699. The maximum atomic E-state index is 9.11. The molecule has 0 amide bonds. The summed E-state index contributed by atoms with van der Waals surface area (Å²) in [7, 11) is 0. The molecule has 0 bridgehead atoms. The van der Waals surface area contributed by atoms with E-state index in [0.29, 0.717) is 6.61 Å². The average Bonchev–Trinajstić information content (AvgIpc) is 2.79. The molecular weight excluding hydrogens is 200 g/mol. The van der Waals surface area contributed by atoms with Crippen molar-refractivity contribution in [3.05, 3.63) is 0 Å². The molecule has 0 aromatic rings. The normalized spacial score (nSPS) is 20.6. The molecule has 3 nitrogen and oxygen atoms in total. The van der Waals surface area contributed by atoms with Crippen LogP contribution in [0.15, 0.2) is 0 Å². The number of rotatable bonds is 7. The first-order valence-corrected chi connectivity index (χ1v) is 6.44. The van der Waals surface area contributed by atoms with E-state index in [-0.39, 0.29) is 0 Å². The van der Waals surface area contributed by atoms with Gasteiger partial charge in [-0.15, -0.1) is 0 Å². The molecule has 16 heavy (non-hydrogen) atoms. The van der Waals surface area contributed by atoms with E-state index in [1.165, 1.54) is 25.7 Å². The summed E-state index contributed by atoms with van der Waals surface area (Å²) >= 11 is 0. The minimum absolute atomic E-state index is 0.500. The van der Waals surface area contributed by atoms with Gasteiger partial charge in [0.05, 0.1) is 12.7 Å². The minimum atomic E-state index is -0.519. The number of nitriles is 1. The van der Waals surface area contributed by atoms with Crippen LogP contribution in [-0.4, -0.2) is 25.3 Å². The molecule has 0 aromatic heterocycles. The van der Waals surface area contributed by atoms with E-state index in [1.807, 2.05) is 6.92 Å². The highest BCUT2D eigenvalue weighted by Crippen LogP contribution is 2.24. The zero-order chi connectivity index (χ0) is 11.9. The zero-order valence-corrected chi connectivity index (χ0v) is 10.6. The van der Waals surface area contributed by atoms with E-state index < -0.39 is 5.54 Å². The molecule has 1 saturated carbocycles. The molecule has 1 rings (SSSR count). The molecule has 0 saturated heterocycles. The van der Waals surface area contributed by atoms with Crippen molar-refractivity contribution in [2.75, 3.05) is 19.8 Å². The van der Waals surface area contributed by atoms with Crippen LogP contribution in [-0.2, 0) is 4.74 Å². The molecule has 0 spiro atoms. The van der Waals surface area contributed by atoms with Crippen LogP contribution < -0.4 is 5.32 Å². The molecule has 0 aromatic carbocycles. The third-order valence-corrected chi connectivity index (χ3v) is 3.23. The zero-order valence-electron chi connectivity index (χ0n) is 10.6. The van der Waals surface area contributed by atoms with E-state index in [0.717, 1.165) is 25.5 Å². The van der Waals surface area contributed by atoms with E-state index >= 15 is 0 Å². The van der Waals surface area contributed by atoms with Gasteiger partial charge in [0.15, 0.2) is 0 Å². The maximum absolute atomic E-state index is 9.11. The highest BCUT2D eigenvalue weighted by Gasteiger charge is 2.24. The Balaban J connectivity index is 2.19. The number of nitrogens with one attached hydrogen (secondary N) is 1. The molecule has 1 N–H and O–H groups in total. The smallest absolute Gasteiger partial charge is 0.127 e. The molecule has 1 atom stereocenters. The van der Waals surface area contributed by atoms with Crippen molar-refractivity contribution in [1.82, 2.24) is 5.32 Å². The fourth-order valence-corrected chi connectivity index (χ4v) is 2.13. The van der Waals surface area contributed by atoms with Crippen molar-refractivity contribution < 1.29 is 4.74 Å². The van der Waals surface area contributed by atoms with Crippen molar-refractivity contribution in [2.24, 2.45) is 5.92 Å². The lowest BCUT2D eigenvalue weighted by Crippen LogP contribution is -2.45. The monoisotopic (exact) mass is 224 g/mol. The van der Waals surface area contributed by atoms with E-state index in [1.54, 1.807) is 0 Å². The van der Waals surface area contributed by atoms with E-state index in [2.05, 4.69) is 18.3 Å². The second kappa shape index (κ2) is 6.88. The van der Waals surface area contributed by atoms with Gasteiger partial charge in [0.2, 0.25) is 0 Å². The Morgan fingerprint density at radius 3 is 2.69 bits per heavy atom. The first-order valence-electron chi connectivity index (χ1n) is 6.44. The highest BCUT2D eigenvalue weighted by molar-refractivity contribution is 5.03. The molecule has 0 radical (unpaired) electrons. The van der Waals surface area contributed by atoms with Crippen LogP contribution in [0.3, 0.4) is 0 Å². The predicted molar refractivity (Wildman–Crippen MR) is 65.1 cm³/mol. The third kappa shape index (κ3) is 4.51. The second-order valence-corrected chi connectivity index (χ2v) is 5.04. The molecule has 1 unspecified atom stereocenters. The van der Waals surface area contributed by atoms with Gasteiger partial charge >= 0.3 is 0 Å². The molecule has 3 heteroatoms. The number of ether oxygens (including phenoxy) is 1. The van der Waals surface area contributed by atoms with Crippen molar-refractivity contribution >= 4 is 0 Å².